The molecule has 21 heavy (non-hydrogen) atoms. The number of hydrogen-bond acceptors (Lipinski definition) is 4. The Bertz CT molecular complexity index is 424. The molecule has 0 bridgehead atoms. The van der Waals surface area contributed by atoms with E-state index in [1.54, 1.807) is 0 Å². The van der Waals surface area contributed by atoms with E-state index < -0.39 is 9.84 Å². The highest BCUT2D eigenvalue weighted by atomic mass is 32.2. The third-order valence-corrected chi connectivity index (χ3v) is 7.27. The lowest BCUT2D eigenvalue weighted by Gasteiger charge is -2.45. The monoisotopic (exact) mass is 316 g/mol. The first-order chi connectivity index (χ1) is 9.97. The van der Waals surface area contributed by atoms with Crippen LogP contribution in [0.3, 0.4) is 0 Å². The smallest absolute Gasteiger partial charge is 0.150 e. The van der Waals surface area contributed by atoms with Gasteiger partial charge in [0, 0.05) is 18.3 Å². The second-order valence-corrected chi connectivity index (χ2v) is 9.28. The van der Waals surface area contributed by atoms with Crippen LogP contribution in [0.15, 0.2) is 0 Å². The molecule has 2 saturated carbocycles. The van der Waals surface area contributed by atoms with Crippen LogP contribution >= 0.6 is 0 Å². The number of nitrogens with zero attached hydrogens (tertiary/aromatic N) is 1. The minimum atomic E-state index is -2.90. The lowest BCUT2D eigenvalue weighted by molar-refractivity contribution is 0.0541. The molecule has 0 aliphatic heterocycles. The Morgan fingerprint density at radius 2 is 1.81 bits per heavy atom. The summed E-state index contributed by atoms with van der Waals surface area (Å²) >= 11 is 0. The molecule has 2 aliphatic carbocycles. The number of sulfone groups is 1. The fraction of sp³-hybridized carbons (Fsp3) is 1.00. The van der Waals surface area contributed by atoms with Crippen molar-refractivity contribution in [2.45, 2.75) is 75.6 Å². The van der Waals surface area contributed by atoms with Gasteiger partial charge < -0.3 is 5.73 Å². The molecule has 2 N–H and O–H groups in total. The average Bonchev–Trinajstić information content (AvgIpc) is 2.48. The van der Waals surface area contributed by atoms with Crippen molar-refractivity contribution in [2.75, 3.05) is 19.3 Å². The van der Waals surface area contributed by atoms with Crippen LogP contribution in [0.5, 0.6) is 0 Å². The quantitative estimate of drug-likeness (QED) is 0.844. The number of hydrogen-bond donors (Lipinski definition) is 1. The van der Waals surface area contributed by atoms with Crippen LogP contribution in [-0.4, -0.2) is 50.0 Å². The molecule has 0 aromatic heterocycles. The average molecular weight is 317 g/mol. The molecular formula is C16H32N2O2S. The van der Waals surface area contributed by atoms with Crippen molar-refractivity contribution in [3.05, 3.63) is 0 Å². The fourth-order valence-corrected chi connectivity index (χ4v) is 5.64. The Kier molecular flexibility index (Phi) is 6.09. The topological polar surface area (TPSA) is 63.4 Å². The molecule has 0 spiro atoms. The number of rotatable bonds is 5. The van der Waals surface area contributed by atoms with Crippen LogP contribution in [0.2, 0.25) is 0 Å². The van der Waals surface area contributed by atoms with Crippen molar-refractivity contribution in [3.63, 3.8) is 0 Å². The minimum absolute atomic E-state index is 0.134. The van der Waals surface area contributed by atoms with Crippen molar-refractivity contribution in [2.24, 2.45) is 11.7 Å². The Hall–Kier alpha value is -0.130. The largest absolute Gasteiger partial charge is 0.330 e. The summed E-state index contributed by atoms with van der Waals surface area (Å²) < 4.78 is 23.8. The van der Waals surface area contributed by atoms with Gasteiger partial charge in [0.1, 0.15) is 9.84 Å². The summed E-state index contributed by atoms with van der Waals surface area (Å²) in [6.07, 6.45) is 10.3. The third-order valence-electron chi connectivity index (χ3n) is 5.64. The van der Waals surface area contributed by atoms with Gasteiger partial charge in [0.05, 0.1) is 5.25 Å². The van der Waals surface area contributed by atoms with E-state index in [1.807, 2.05) is 0 Å². The predicted molar refractivity (Wildman–Crippen MR) is 88.1 cm³/mol. The highest BCUT2D eigenvalue weighted by Crippen LogP contribution is 2.34. The van der Waals surface area contributed by atoms with Gasteiger partial charge in [-0.1, -0.05) is 26.2 Å². The van der Waals surface area contributed by atoms with Gasteiger partial charge >= 0.3 is 0 Å². The summed E-state index contributed by atoms with van der Waals surface area (Å²) in [5.74, 6) is 0.595. The van der Waals surface area contributed by atoms with Gasteiger partial charge in [-0.3, -0.25) is 4.90 Å². The summed E-state index contributed by atoms with van der Waals surface area (Å²) in [6, 6.07) is 0.998. The maximum Gasteiger partial charge on any atom is 0.150 e. The SMILES string of the molecule is CCN(C1CCCC(S(C)(=O)=O)C1)C1CCCCC1CN. The van der Waals surface area contributed by atoms with E-state index >= 15 is 0 Å². The Balaban J connectivity index is 2.09. The zero-order valence-electron chi connectivity index (χ0n) is 13.6. The van der Waals surface area contributed by atoms with E-state index in [-0.39, 0.29) is 5.25 Å². The van der Waals surface area contributed by atoms with Crippen LogP contribution in [0.25, 0.3) is 0 Å². The molecule has 0 aromatic rings. The summed E-state index contributed by atoms with van der Waals surface area (Å²) in [6.45, 7) is 4.00. The van der Waals surface area contributed by atoms with Crippen LogP contribution in [0.1, 0.15) is 58.3 Å². The second kappa shape index (κ2) is 7.42. The normalized spacial score (nSPS) is 35.0. The first-order valence-electron chi connectivity index (χ1n) is 8.62. The molecule has 5 heteroatoms. The summed E-state index contributed by atoms with van der Waals surface area (Å²) in [4.78, 5) is 2.59. The van der Waals surface area contributed by atoms with Crippen LogP contribution in [-0.2, 0) is 9.84 Å². The summed E-state index contributed by atoms with van der Waals surface area (Å²) in [5.41, 5.74) is 5.99. The summed E-state index contributed by atoms with van der Waals surface area (Å²) in [7, 11) is -2.90. The van der Waals surface area contributed by atoms with Crippen molar-refractivity contribution >= 4 is 9.84 Å². The van der Waals surface area contributed by atoms with Gasteiger partial charge in [0.15, 0.2) is 0 Å². The highest BCUT2D eigenvalue weighted by Gasteiger charge is 2.36. The van der Waals surface area contributed by atoms with Crippen LogP contribution < -0.4 is 5.73 Å². The third kappa shape index (κ3) is 4.20. The molecule has 4 unspecified atom stereocenters. The van der Waals surface area contributed by atoms with Gasteiger partial charge in [-0.15, -0.1) is 0 Å². The zero-order chi connectivity index (χ0) is 15.5. The molecule has 0 saturated heterocycles. The van der Waals surface area contributed by atoms with Gasteiger partial charge in [-0.25, -0.2) is 8.42 Å². The molecule has 0 aromatic carbocycles. The van der Waals surface area contributed by atoms with Crippen molar-refractivity contribution in [3.8, 4) is 0 Å². The maximum absolute atomic E-state index is 11.9. The number of nitrogens with two attached hydrogens (primary N) is 1. The zero-order valence-corrected chi connectivity index (χ0v) is 14.4. The van der Waals surface area contributed by atoms with E-state index in [2.05, 4.69) is 11.8 Å². The van der Waals surface area contributed by atoms with Crippen molar-refractivity contribution in [1.29, 1.82) is 0 Å². The molecule has 4 nitrogen and oxygen atoms in total. The van der Waals surface area contributed by atoms with Crippen LogP contribution in [0, 0.1) is 5.92 Å². The first-order valence-corrected chi connectivity index (χ1v) is 10.6. The Morgan fingerprint density at radius 3 is 2.43 bits per heavy atom. The maximum atomic E-state index is 11.9. The lowest BCUT2D eigenvalue weighted by atomic mass is 9.81. The van der Waals surface area contributed by atoms with Gasteiger partial charge in [-0.05, 0) is 51.1 Å². The van der Waals surface area contributed by atoms with Crippen LogP contribution in [0.4, 0.5) is 0 Å². The van der Waals surface area contributed by atoms with Gasteiger partial charge in [-0.2, -0.15) is 0 Å². The predicted octanol–water partition coefficient (Wildman–Crippen LogP) is 2.18. The Labute approximate surface area is 130 Å². The standard InChI is InChI=1S/C16H32N2O2S/c1-3-18(16-10-5-4-7-13(16)12-17)14-8-6-9-15(11-14)21(2,19)20/h13-16H,3-12,17H2,1-2H3. The molecule has 4 atom stereocenters. The van der Waals surface area contributed by atoms with E-state index in [1.165, 1.54) is 31.9 Å². The van der Waals surface area contributed by atoms with Gasteiger partial charge in [0.2, 0.25) is 0 Å². The molecule has 2 aliphatic rings. The molecule has 0 amide bonds. The Morgan fingerprint density at radius 1 is 1.10 bits per heavy atom. The molecule has 2 fully saturated rings. The molecule has 0 radical (unpaired) electrons. The summed E-state index contributed by atoms with van der Waals surface area (Å²) in [5, 5.41) is -0.134. The second-order valence-electron chi connectivity index (χ2n) is 6.95. The molecule has 0 heterocycles. The highest BCUT2D eigenvalue weighted by molar-refractivity contribution is 7.91. The molecule has 124 valence electrons. The van der Waals surface area contributed by atoms with Gasteiger partial charge in [0.25, 0.3) is 0 Å². The van der Waals surface area contributed by atoms with E-state index in [9.17, 15) is 8.42 Å². The van der Waals surface area contributed by atoms with E-state index in [0.29, 0.717) is 18.0 Å². The molecular weight excluding hydrogens is 284 g/mol. The van der Waals surface area contributed by atoms with E-state index in [0.717, 1.165) is 38.8 Å². The lowest BCUT2D eigenvalue weighted by Crippen LogP contribution is -2.52. The van der Waals surface area contributed by atoms with Crippen molar-refractivity contribution in [1.82, 2.24) is 4.90 Å². The van der Waals surface area contributed by atoms with E-state index in [4.69, 9.17) is 5.73 Å². The minimum Gasteiger partial charge on any atom is -0.330 e. The first kappa shape index (κ1) is 17.2. The van der Waals surface area contributed by atoms with Crippen molar-refractivity contribution < 1.29 is 8.42 Å². The fourth-order valence-electron chi connectivity index (χ4n) is 4.47. The molecule has 2 rings (SSSR count).